The van der Waals surface area contributed by atoms with Gasteiger partial charge in [-0.05, 0) is 47.6 Å². The van der Waals surface area contributed by atoms with Gasteiger partial charge in [0.2, 0.25) is 5.91 Å². The summed E-state index contributed by atoms with van der Waals surface area (Å²) in [6, 6.07) is 21.5. The van der Waals surface area contributed by atoms with Crippen molar-refractivity contribution in [2.75, 3.05) is 26.1 Å². The third-order valence-electron chi connectivity index (χ3n) is 6.15. The number of amides is 2. The molecule has 1 aliphatic rings. The smallest absolute Gasteiger partial charge is 0.258 e. The second kappa shape index (κ2) is 12.8. The van der Waals surface area contributed by atoms with Crippen LogP contribution in [0.25, 0.3) is 0 Å². The Balaban J connectivity index is 1.48. The molecule has 1 fully saturated rings. The van der Waals surface area contributed by atoms with E-state index >= 15 is 0 Å². The SMILES string of the molecule is C=C1NC(=S)N[C@H](c2ccc(OCC(=O)NCc3ccccc3)c(OC)c2)[C@H]1C(=O)Nc1ccccc1OC. The molecule has 0 radical (unpaired) electrons. The van der Waals surface area contributed by atoms with Crippen molar-refractivity contribution in [2.24, 2.45) is 5.92 Å². The molecule has 2 atom stereocenters. The van der Waals surface area contributed by atoms with Crippen molar-refractivity contribution in [1.29, 1.82) is 0 Å². The largest absolute Gasteiger partial charge is 0.495 e. The molecule has 0 bridgehead atoms. The second-order valence-corrected chi connectivity index (χ2v) is 9.14. The molecule has 4 rings (SSSR count). The van der Waals surface area contributed by atoms with Crippen LogP contribution in [0.4, 0.5) is 5.69 Å². The van der Waals surface area contributed by atoms with Gasteiger partial charge in [-0.15, -0.1) is 0 Å². The third-order valence-corrected chi connectivity index (χ3v) is 6.37. The van der Waals surface area contributed by atoms with Gasteiger partial charge in [-0.2, -0.15) is 0 Å². The van der Waals surface area contributed by atoms with Crippen molar-refractivity contribution in [2.45, 2.75) is 12.6 Å². The number of ether oxygens (including phenoxy) is 3. The van der Waals surface area contributed by atoms with Crippen molar-refractivity contribution < 1.29 is 23.8 Å². The Labute approximate surface area is 232 Å². The standard InChI is InChI=1S/C29H30N4O5S/c1-18-26(28(35)32-21-11-7-8-12-22(21)36-2)27(33-29(39)31-18)20-13-14-23(24(15-20)37-3)38-17-25(34)30-16-19-9-5-4-6-10-19/h4-15,26-27H,1,16-17H2,2-3H3,(H,30,34)(H,32,35)(H2,31,33,39)/t26-,27+/m0/s1. The zero-order valence-electron chi connectivity index (χ0n) is 21.7. The van der Waals surface area contributed by atoms with E-state index < -0.39 is 12.0 Å². The van der Waals surface area contributed by atoms with Crippen LogP contribution in [0.5, 0.6) is 17.2 Å². The van der Waals surface area contributed by atoms with E-state index in [1.54, 1.807) is 30.3 Å². The van der Waals surface area contributed by atoms with Gasteiger partial charge in [-0.25, -0.2) is 0 Å². The normalized spacial score (nSPS) is 16.4. The van der Waals surface area contributed by atoms with E-state index in [0.29, 0.717) is 40.3 Å². The summed E-state index contributed by atoms with van der Waals surface area (Å²) in [7, 11) is 3.05. The molecule has 3 aromatic carbocycles. The highest BCUT2D eigenvalue weighted by atomic mass is 32.1. The van der Waals surface area contributed by atoms with Crippen LogP contribution >= 0.6 is 12.2 Å². The summed E-state index contributed by atoms with van der Waals surface area (Å²) in [5, 5.41) is 12.2. The molecule has 1 saturated heterocycles. The van der Waals surface area contributed by atoms with Crippen LogP contribution in [0.3, 0.4) is 0 Å². The lowest BCUT2D eigenvalue weighted by Gasteiger charge is -2.35. The van der Waals surface area contributed by atoms with E-state index in [1.165, 1.54) is 14.2 Å². The fourth-order valence-electron chi connectivity index (χ4n) is 4.22. The zero-order chi connectivity index (χ0) is 27.8. The number of carbonyl (C=O) groups excluding carboxylic acids is 2. The summed E-state index contributed by atoms with van der Waals surface area (Å²) in [6.07, 6.45) is 0. The molecule has 9 nitrogen and oxygen atoms in total. The van der Waals surface area contributed by atoms with Crippen LogP contribution in [0.2, 0.25) is 0 Å². The Hall–Kier alpha value is -4.57. The van der Waals surface area contributed by atoms with Gasteiger partial charge in [0.25, 0.3) is 5.91 Å². The predicted molar refractivity (Wildman–Crippen MR) is 153 cm³/mol. The molecular weight excluding hydrogens is 516 g/mol. The number of carbonyl (C=O) groups is 2. The van der Waals surface area contributed by atoms with E-state index in [0.717, 1.165) is 11.1 Å². The molecule has 4 N–H and O–H groups in total. The topological polar surface area (TPSA) is 110 Å². The first-order valence-electron chi connectivity index (χ1n) is 12.2. The third kappa shape index (κ3) is 6.85. The van der Waals surface area contributed by atoms with E-state index in [1.807, 2.05) is 42.5 Å². The molecule has 0 spiro atoms. The average Bonchev–Trinajstić information content (AvgIpc) is 2.95. The Morgan fingerprint density at radius 2 is 1.67 bits per heavy atom. The van der Waals surface area contributed by atoms with Gasteiger partial charge in [0.1, 0.15) is 11.7 Å². The molecule has 0 saturated carbocycles. The maximum absolute atomic E-state index is 13.4. The molecular formula is C29H30N4O5S. The molecule has 0 aliphatic carbocycles. The van der Waals surface area contributed by atoms with Gasteiger partial charge in [0, 0.05) is 12.2 Å². The first-order chi connectivity index (χ1) is 18.9. The Morgan fingerprint density at radius 3 is 2.41 bits per heavy atom. The van der Waals surface area contributed by atoms with Gasteiger partial charge >= 0.3 is 0 Å². The molecule has 39 heavy (non-hydrogen) atoms. The maximum atomic E-state index is 13.4. The minimum Gasteiger partial charge on any atom is -0.495 e. The number of rotatable bonds is 10. The van der Waals surface area contributed by atoms with E-state index in [-0.39, 0.29) is 18.4 Å². The minimum atomic E-state index is -0.721. The number of anilines is 1. The minimum absolute atomic E-state index is 0.182. The fourth-order valence-corrected chi connectivity index (χ4v) is 4.47. The number of hydrogen-bond donors (Lipinski definition) is 4. The average molecular weight is 547 g/mol. The first-order valence-corrected chi connectivity index (χ1v) is 12.6. The number of thiocarbonyl (C=S) groups is 1. The lowest BCUT2D eigenvalue weighted by molar-refractivity contribution is -0.123. The first kappa shape index (κ1) is 27.5. The lowest BCUT2D eigenvalue weighted by Crippen LogP contribution is -2.51. The van der Waals surface area contributed by atoms with Crippen LogP contribution in [-0.4, -0.2) is 37.8 Å². The van der Waals surface area contributed by atoms with Gasteiger partial charge in [-0.3, -0.25) is 9.59 Å². The molecule has 1 aliphatic heterocycles. The highest BCUT2D eigenvalue weighted by molar-refractivity contribution is 7.80. The highest BCUT2D eigenvalue weighted by Gasteiger charge is 2.37. The van der Waals surface area contributed by atoms with Gasteiger partial charge in [0.05, 0.1) is 25.9 Å². The number of nitrogens with one attached hydrogen (secondary N) is 4. The summed E-state index contributed by atoms with van der Waals surface area (Å²) in [4.78, 5) is 25.8. The number of para-hydroxylation sites is 2. The maximum Gasteiger partial charge on any atom is 0.258 e. The molecule has 2 amide bonds. The number of hydrogen-bond acceptors (Lipinski definition) is 6. The summed E-state index contributed by atoms with van der Waals surface area (Å²) >= 11 is 5.35. The Morgan fingerprint density at radius 1 is 0.949 bits per heavy atom. The Kier molecular flexibility index (Phi) is 9.01. The van der Waals surface area contributed by atoms with E-state index in [9.17, 15) is 9.59 Å². The van der Waals surface area contributed by atoms with E-state index in [4.69, 9.17) is 26.4 Å². The lowest BCUT2D eigenvalue weighted by atomic mass is 9.88. The molecule has 202 valence electrons. The second-order valence-electron chi connectivity index (χ2n) is 8.73. The van der Waals surface area contributed by atoms with Gasteiger partial charge in [-0.1, -0.05) is 55.1 Å². The van der Waals surface area contributed by atoms with Crippen LogP contribution in [0, 0.1) is 5.92 Å². The number of methoxy groups -OCH3 is 2. The van der Waals surface area contributed by atoms with Crippen molar-refractivity contribution in [1.82, 2.24) is 16.0 Å². The van der Waals surface area contributed by atoms with Crippen molar-refractivity contribution in [3.8, 4) is 17.2 Å². The quantitative estimate of drug-likeness (QED) is 0.285. The monoisotopic (exact) mass is 546 g/mol. The van der Waals surface area contributed by atoms with Gasteiger partial charge in [0.15, 0.2) is 23.2 Å². The molecule has 0 unspecified atom stereocenters. The molecule has 3 aromatic rings. The summed E-state index contributed by atoms with van der Waals surface area (Å²) in [5.41, 5.74) is 2.70. The van der Waals surface area contributed by atoms with Crippen LogP contribution in [0.1, 0.15) is 17.2 Å². The van der Waals surface area contributed by atoms with Crippen molar-refractivity contribution in [3.05, 3.63) is 96.2 Å². The van der Waals surface area contributed by atoms with Gasteiger partial charge < -0.3 is 35.5 Å². The van der Waals surface area contributed by atoms with Crippen LogP contribution in [0.15, 0.2) is 85.1 Å². The highest BCUT2D eigenvalue weighted by Crippen LogP contribution is 2.36. The zero-order valence-corrected chi connectivity index (χ0v) is 22.5. The Bertz CT molecular complexity index is 1360. The van der Waals surface area contributed by atoms with Crippen LogP contribution in [-0.2, 0) is 16.1 Å². The molecule has 10 heteroatoms. The summed E-state index contributed by atoms with van der Waals surface area (Å²) in [5.74, 6) is 0.0507. The molecule has 0 aromatic heterocycles. The summed E-state index contributed by atoms with van der Waals surface area (Å²) in [6.45, 7) is 4.27. The molecule has 1 heterocycles. The van der Waals surface area contributed by atoms with E-state index in [2.05, 4.69) is 27.8 Å². The number of benzene rings is 3. The van der Waals surface area contributed by atoms with Crippen molar-refractivity contribution in [3.63, 3.8) is 0 Å². The van der Waals surface area contributed by atoms with Crippen LogP contribution < -0.4 is 35.5 Å². The predicted octanol–water partition coefficient (Wildman–Crippen LogP) is 3.69. The van der Waals surface area contributed by atoms with Crippen molar-refractivity contribution >= 4 is 34.8 Å². The summed E-state index contributed by atoms with van der Waals surface area (Å²) < 4.78 is 16.6. The fraction of sp³-hybridized carbons (Fsp3) is 0.207.